The number of rotatable bonds is 9. The molecule has 2 N–H and O–H groups in total. The second-order valence-corrected chi connectivity index (χ2v) is 9.60. The van der Waals surface area contributed by atoms with Crippen molar-refractivity contribution in [2.75, 3.05) is 0 Å². The summed E-state index contributed by atoms with van der Waals surface area (Å²) in [5, 5.41) is 2.96. The third-order valence-electron chi connectivity index (χ3n) is 4.53. The molecule has 0 saturated heterocycles. The van der Waals surface area contributed by atoms with Crippen LogP contribution in [0.15, 0.2) is 77.7 Å². The molecule has 3 rings (SSSR count). The fourth-order valence-corrected chi connectivity index (χ4v) is 4.50. The van der Waals surface area contributed by atoms with Gasteiger partial charge >= 0.3 is 0 Å². The average molecular weight is 473 g/mol. The van der Waals surface area contributed by atoms with Gasteiger partial charge < -0.3 is 10.1 Å². The molecule has 0 aliphatic carbocycles. The van der Waals surface area contributed by atoms with Crippen molar-refractivity contribution in [2.45, 2.75) is 37.9 Å². The molecule has 0 aliphatic rings. The maximum atomic E-state index is 12.8. The zero-order valence-electron chi connectivity index (χ0n) is 17.8. The van der Waals surface area contributed by atoms with Crippen molar-refractivity contribution in [1.29, 1.82) is 0 Å². The number of carbonyl (C=O) groups is 1. The fourth-order valence-electron chi connectivity index (χ4n) is 3.02. The number of halogens is 1. The van der Waals surface area contributed by atoms with Crippen LogP contribution in [0.25, 0.3) is 0 Å². The second-order valence-electron chi connectivity index (χ2n) is 7.48. The van der Waals surface area contributed by atoms with E-state index >= 15 is 0 Å². The first-order valence-corrected chi connectivity index (χ1v) is 12.0. The number of amides is 1. The Morgan fingerprint density at radius 3 is 2.41 bits per heavy atom. The topological polar surface area (TPSA) is 84.5 Å². The van der Waals surface area contributed by atoms with Crippen LogP contribution >= 0.6 is 11.6 Å². The standard InChI is InChI=1S/C24H25ClN2O4S/c1-17(2)27-32(29,30)20-12-13-22(25)21(14-20)24(28)26-15-19-10-6-7-11-23(19)31-16-18-8-4-3-5-9-18/h3-14,17,27H,15-16H2,1-2H3,(H,26,28). The van der Waals surface area contributed by atoms with Crippen molar-refractivity contribution in [3.05, 3.63) is 94.5 Å². The highest BCUT2D eigenvalue weighted by Gasteiger charge is 2.19. The lowest BCUT2D eigenvalue weighted by Gasteiger charge is -2.14. The van der Waals surface area contributed by atoms with E-state index in [1.165, 1.54) is 18.2 Å². The number of hydrogen-bond acceptors (Lipinski definition) is 4. The van der Waals surface area contributed by atoms with Gasteiger partial charge in [0, 0.05) is 18.2 Å². The van der Waals surface area contributed by atoms with Crippen LogP contribution in [0, 0.1) is 0 Å². The van der Waals surface area contributed by atoms with E-state index < -0.39 is 15.9 Å². The van der Waals surface area contributed by atoms with E-state index in [0.717, 1.165) is 11.1 Å². The molecule has 8 heteroatoms. The van der Waals surface area contributed by atoms with E-state index in [1.807, 2.05) is 54.6 Å². The van der Waals surface area contributed by atoms with Gasteiger partial charge in [0.1, 0.15) is 12.4 Å². The van der Waals surface area contributed by atoms with Gasteiger partial charge in [0.15, 0.2) is 0 Å². The van der Waals surface area contributed by atoms with Gasteiger partial charge in [-0.05, 0) is 43.7 Å². The largest absolute Gasteiger partial charge is 0.489 e. The minimum Gasteiger partial charge on any atom is -0.489 e. The summed E-state index contributed by atoms with van der Waals surface area (Å²) in [4.78, 5) is 12.8. The van der Waals surface area contributed by atoms with E-state index in [0.29, 0.717) is 12.4 Å². The molecule has 0 aliphatic heterocycles. The summed E-state index contributed by atoms with van der Waals surface area (Å²) >= 11 is 6.18. The van der Waals surface area contributed by atoms with Crippen LogP contribution in [0.2, 0.25) is 5.02 Å². The molecule has 0 radical (unpaired) electrons. The van der Waals surface area contributed by atoms with E-state index in [-0.39, 0.29) is 28.1 Å². The number of nitrogens with one attached hydrogen (secondary N) is 2. The van der Waals surface area contributed by atoms with Crippen molar-refractivity contribution in [2.24, 2.45) is 0 Å². The summed E-state index contributed by atoms with van der Waals surface area (Å²) in [6, 6.07) is 21.0. The summed E-state index contributed by atoms with van der Waals surface area (Å²) < 4.78 is 33.3. The molecule has 0 fully saturated rings. The van der Waals surface area contributed by atoms with E-state index in [4.69, 9.17) is 16.3 Å². The van der Waals surface area contributed by atoms with Crippen LogP contribution in [-0.4, -0.2) is 20.4 Å². The van der Waals surface area contributed by atoms with E-state index in [1.54, 1.807) is 13.8 Å². The lowest BCUT2D eigenvalue weighted by molar-refractivity contribution is 0.0950. The molecule has 1 amide bonds. The predicted octanol–water partition coefficient (Wildman–Crippen LogP) is 4.54. The summed E-state index contributed by atoms with van der Waals surface area (Å²) in [6.07, 6.45) is 0. The first-order valence-electron chi connectivity index (χ1n) is 10.1. The molecule has 6 nitrogen and oxygen atoms in total. The number of ether oxygens (including phenoxy) is 1. The highest BCUT2D eigenvalue weighted by Crippen LogP contribution is 2.22. The van der Waals surface area contributed by atoms with Gasteiger partial charge in [-0.15, -0.1) is 0 Å². The van der Waals surface area contributed by atoms with Gasteiger partial charge in [-0.3, -0.25) is 4.79 Å². The third-order valence-corrected chi connectivity index (χ3v) is 6.52. The number of benzene rings is 3. The highest BCUT2D eigenvalue weighted by atomic mass is 35.5. The molecule has 168 valence electrons. The zero-order valence-corrected chi connectivity index (χ0v) is 19.4. The predicted molar refractivity (Wildman–Crippen MR) is 125 cm³/mol. The van der Waals surface area contributed by atoms with Crippen molar-refractivity contribution in [3.63, 3.8) is 0 Å². The molecule has 0 atom stereocenters. The Bertz CT molecular complexity index is 1180. The number of para-hydroxylation sites is 1. The van der Waals surface area contributed by atoms with Crippen LogP contribution in [-0.2, 0) is 23.2 Å². The molecular formula is C24H25ClN2O4S. The van der Waals surface area contributed by atoms with Gasteiger partial charge in [0.05, 0.1) is 15.5 Å². The Kier molecular flexibility index (Phi) is 7.90. The van der Waals surface area contributed by atoms with Crippen LogP contribution < -0.4 is 14.8 Å². The highest BCUT2D eigenvalue weighted by molar-refractivity contribution is 7.89. The molecule has 0 saturated carbocycles. The van der Waals surface area contributed by atoms with E-state index in [9.17, 15) is 13.2 Å². The van der Waals surface area contributed by atoms with Gasteiger partial charge in [-0.2, -0.15) is 0 Å². The van der Waals surface area contributed by atoms with Crippen LogP contribution in [0.1, 0.15) is 35.3 Å². The summed E-state index contributed by atoms with van der Waals surface area (Å²) in [5.41, 5.74) is 1.91. The molecule has 0 heterocycles. The molecular weight excluding hydrogens is 448 g/mol. The van der Waals surface area contributed by atoms with Crippen LogP contribution in [0.3, 0.4) is 0 Å². The second kappa shape index (κ2) is 10.6. The first-order chi connectivity index (χ1) is 15.3. The maximum Gasteiger partial charge on any atom is 0.253 e. The maximum absolute atomic E-state index is 12.8. The number of carbonyl (C=O) groups excluding carboxylic acids is 1. The van der Waals surface area contributed by atoms with Gasteiger partial charge in [0.25, 0.3) is 5.91 Å². The molecule has 0 spiro atoms. The zero-order chi connectivity index (χ0) is 23.1. The quantitative estimate of drug-likeness (QED) is 0.479. The van der Waals surface area contributed by atoms with Crippen molar-refractivity contribution in [3.8, 4) is 5.75 Å². The van der Waals surface area contributed by atoms with Gasteiger partial charge in [-0.25, -0.2) is 13.1 Å². The molecule has 3 aromatic carbocycles. The number of hydrogen-bond donors (Lipinski definition) is 2. The van der Waals surface area contributed by atoms with Gasteiger partial charge in [-0.1, -0.05) is 60.1 Å². The minimum atomic E-state index is -3.75. The summed E-state index contributed by atoms with van der Waals surface area (Å²) in [6.45, 7) is 4.04. The van der Waals surface area contributed by atoms with Crippen LogP contribution in [0.4, 0.5) is 0 Å². The minimum absolute atomic E-state index is 0.0210. The SMILES string of the molecule is CC(C)NS(=O)(=O)c1ccc(Cl)c(C(=O)NCc2ccccc2OCc2ccccc2)c1. The van der Waals surface area contributed by atoms with Crippen molar-refractivity contribution < 1.29 is 17.9 Å². The monoisotopic (exact) mass is 472 g/mol. The Morgan fingerprint density at radius 2 is 1.69 bits per heavy atom. The van der Waals surface area contributed by atoms with Crippen LogP contribution in [0.5, 0.6) is 5.75 Å². The molecule has 0 bridgehead atoms. The van der Waals surface area contributed by atoms with Crippen molar-refractivity contribution in [1.82, 2.24) is 10.0 Å². The Hall–Kier alpha value is -2.87. The lowest BCUT2D eigenvalue weighted by Crippen LogP contribution is -2.30. The first kappa shape index (κ1) is 23.8. The molecule has 0 unspecified atom stereocenters. The molecule has 32 heavy (non-hydrogen) atoms. The number of sulfonamides is 1. The van der Waals surface area contributed by atoms with E-state index in [2.05, 4.69) is 10.0 Å². The smallest absolute Gasteiger partial charge is 0.253 e. The average Bonchev–Trinajstić information content (AvgIpc) is 2.76. The Labute approximate surface area is 193 Å². The summed E-state index contributed by atoms with van der Waals surface area (Å²) in [7, 11) is -3.75. The molecule has 0 aromatic heterocycles. The van der Waals surface area contributed by atoms with Gasteiger partial charge in [0.2, 0.25) is 10.0 Å². The fraction of sp³-hybridized carbons (Fsp3) is 0.208. The van der Waals surface area contributed by atoms with Crippen molar-refractivity contribution >= 4 is 27.5 Å². The lowest BCUT2D eigenvalue weighted by atomic mass is 10.1. The Balaban J connectivity index is 1.72. The Morgan fingerprint density at radius 1 is 1.00 bits per heavy atom. The molecule has 3 aromatic rings. The third kappa shape index (κ3) is 6.32. The summed E-state index contributed by atoms with van der Waals surface area (Å²) in [5.74, 6) is 0.176. The normalized spacial score (nSPS) is 11.4.